The summed E-state index contributed by atoms with van der Waals surface area (Å²) >= 11 is 0. The molecule has 134 valence electrons. The summed E-state index contributed by atoms with van der Waals surface area (Å²) in [6, 6.07) is 5.96. The zero-order valence-corrected chi connectivity index (χ0v) is 15.1. The predicted molar refractivity (Wildman–Crippen MR) is 96.3 cm³/mol. The van der Waals surface area contributed by atoms with Gasteiger partial charge in [-0.2, -0.15) is 5.10 Å². The van der Waals surface area contributed by atoms with Crippen LogP contribution >= 0.6 is 0 Å². The maximum Gasteiger partial charge on any atom is 0.231 e. The Kier molecular flexibility index (Phi) is 3.12. The van der Waals surface area contributed by atoms with Gasteiger partial charge in [-0.3, -0.25) is 9.89 Å². The molecule has 6 heteroatoms. The molecule has 1 fully saturated rings. The van der Waals surface area contributed by atoms with Gasteiger partial charge in [0.2, 0.25) is 6.79 Å². The lowest BCUT2D eigenvalue weighted by molar-refractivity contribution is -0.124. The average Bonchev–Trinajstić information content (AvgIpc) is 3.18. The maximum atomic E-state index is 13.1. The molecule has 1 N–H and O–H groups in total. The van der Waals surface area contributed by atoms with E-state index in [2.05, 4.69) is 24.0 Å². The van der Waals surface area contributed by atoms with Crippen molar-refractivity contribution in [3.8, 4) is 11.5 Å². The number of fused-ring (bicyclic) bond motifs is 3. The molecule has 0 saturated heterocycles. The highest BCUT2D eigenvalue weighted by Crippen LogP contribution is 2.50. The van der Waals surface area contributed by atoms with E-state index in [1.54, 1.807) is 0 Å². The molecular weight excluding hydrogens is 330 g/mol. The average molecular weight is 351 g/mol. The van der Waals surface area contributed by atoms with E-state index in [0.717, 1.165) is 40.5 Å². The summed E-state index contributed by atoms with van der Waals surface area (Å²) in [5, 5.41) is 7.44. The highest BCUT2D eigenvalue weighted by molar-refractivity contribution is 6.11. The van der Waals surface area contributed by atoms with Gasteiger partial charge in [-0.1, -0.05) is 19.9 Å². The van der Waals surface area contributed by atoms with E-state index in [1.807, 2.05) is 25.1 Å². The third-order valence-electron chi connectivity index (χ3n) is 5.64. The molecule has 2 atom stereocenters. The lowest BCUT2D eigenvalue weighted by Crippen LogP contribution is -2.42. The zero-order valence-electron chi connectivity index (χ0n) is 15.1. The Hall–Kier alpha value is -2.63. The zero-order chi connectivity index (χ0) is 18.1. The van der Waals surface area contributed by atoms with Crippen LogP contribution in [0.5, 0.6) is 11.5 Å². The number of hydrogen-bond acceptors (Lipinski definition) is 5. The Balaban J connectivity index is 1.69. The monoisotopic (exact) mass is 351 g/mol. The van der Waals surface area contributed by atoms with Crippen LogP contribution in [0.4, 0.5) is 5.82 Å². The molecule has 1 aliphatic carbocycles. The van der Waals surface area contributed by atoms with Gasteiger partial charge in [0.05, 0.1) is 5.92 Å². The van der Waals surface area contributed by atoms with Crippen LogP contribution in [0.2, 0.25) is 0 Å². The number of Topliss-reactive ketones (excluding diaryl/α,β-unsaturated/α-hetero) is 1. The molecule has 0 radical (unpaired) electrons. The predicted octanol–water partition coefficient (Wildman–Crippen LogP) is 3.67. The maximum absolute atomic E-state index is 13.1. The van der Waals surface area contributed by atoms with Crippen LogP contribution in [0.15, 0.2) is 23.2 Å². The molecule has 0 amide bonds. The molecule has 3 aliphatic rings. The number of H-pyrrole nitrogens is 1. The third kappa shape index (κ3) is 2.21. The van der Waals surface area contributed by atoms with E-state index < -0.39 is 0 Å². The van der Waals surface area contributed by atoms with Gasteiger partial charge < -0.3 is 9.47 Å². The van der Waals surface area contributed by atoms with Crippen LogP contribution in [-0.4, -0.2) is 28.5 Å². The van der Waals surface area contributed by atoms with Crippen LogP contribution in [0.25, 0.3) is 0 Å². The molecule has 1 saturated carbocycles. The first-order valence-electron chi connectivity index (χ1n) is 8.97. The van der Waals surface area contributed by atoms with Gasteiger partial charge in [-0.25, -0.2) is 4.99 Å². The number of carbonyl (C=O) groups is 1. The molecular formula is C20H21N3O3. The quantitative estimate of drug-likeness (QED) is 0.850. The second kappa shape index (κ2) is 5.19. The molecule has 6 nitrogen and oxygen atoms in total. The van der Waals surface area contributed by atoms with Crippen molar-refractivity contribution in [1.29, 1.82) is 0 Å². The Bertz CT molecular complexity index is 957. The molecule has 1 aromatic heterocycles. The highest BCUT2D eigenvalue weighted by atomic mass is 16.7. The number of aryl methyl sites for hydroxylation is 1. The number of aromatic nitrogens is 2. The topological polar surface area (TPSA) is 76.6 Å². The molecule has 5 rings (SSSR count). The van der Waals surface area contributed by atoms with Gasteiger partial charge in [0.1, 0.15) is 5.78 Å². The molecule has 1 aromatic carbocycles. The lowest BCUT2D eigenvalue weighted by Gasteiger charge is -2.40. The summed E-state index contributed by atoms with van der Waals surface area (Å²) in [5.41, 5.74) is 3.92. The Labute approximate surface area is 151 Å². The third-order valence-corrected chi connectivity index (χ3v) is 5.64. The second-order valence-electron chi connectivity index (χ2n) is 8.24. The van der Waals surface area contributed by atoms with Crippen molar-refractivity contribution in [1.82, 2.24) is 10.2 Å². The minimum absolute atomic E-state index is 0.0608. The minimum Gasteiger partial charge on any atom is -0.454 e. The first-order valence-corrected chi connectivity index (χ1v) is 8.97. The summed E-state index contributed by atoms with van der Waals surface area (Å²) in [6.07, 6.45) is 1.39. The van der Waals surface area contributed by atoms with E-state index in [4.69, 9.17) is 14.5 Å². The minimum atomic E-state index is -0.229. The SMILES string of the molecule is Cc1[nH]nc2c1C(c1ccc3c(c1)OCO3)C1C(=O)CC(C)(C)CC1=N2. The Morgan fingerprint density at radius 1 is 1.15 bits per heavy atom. The van der Waals surface area contributed by atoms with Gasteiger partial charge in [0.25, 0.3) is 0 Å². The summed E-state index contributed by atoms with van der Waals surface area (Å²) in [5.74, 6) is 2.13. The number of nitrogens with zero attached hydrogens (tertiary/aromatic N) is 2. The van der Waals surface area contributed by atoms with Crippen LogP contribution in [0, 0.1) is 18.3 Å². The number of aliphatic imine (C=N–C) groups is 1. The molecule has 2 unspecified atom stereocenters. The van der Waals surface area contributed by atoms with Crippen LogP contribution in [-0.2, 0) is 4.79 Å². The van der Waals surface area contributed by atoms with Crippen molar-refractivity contribution in [3.05, 3.63) is 35.0 Å². The highest BCUT2D eigenvalue weighted by Gasteiger charge is 2.47. The Morgan fingerprint density at radius 3 is 2.81 bits per heavy atom. The first-order chi connectivity index (χ1) is 12.4. The summed E-state index contributed by atoms with van der Waals surface area (Å²) in [7, 11) is 0. The fraction of sp³-hybridized carbons (Fsp3) is 0.450. The van der Waals surface area contributed by atoms with E-state index in [-0.39, 0.29) is 29.8 Å². The van der Waals surface area contributed by atoms with E-state index in [9.17, 15) is 4.79 Å². The number of hydrogen-bond donors (Lipinski definition) is 1. The smallest absolute Gasteiger partial charge is 0.231 e. The molecule has 0 bridgehead atoms. The number of benzene rings is 1. The van der Waals surface area contributed by atoms with Crippen LogP contribution < -0.4 is 9.47 Å². The standard InChI is InChI=1S/C20H21N3O3/c1-10-16-17(11-4-5-14-15(6-11)26-9-25-14)18-12(21-19(16)23-22-10)7-20(2,3)8-13(18)24/h4-6,17-18H,7-9H2,1-3H3,(H,22,23). The number of carbonyl (C=O) groups excluding carboxylic acids is 1. The summed E-state index contributed by atoms with van der Waals surface area (Å²) < 4.78 is 11.0. The van der Waals surface area contributed by atoms with Crippen LogP contribution in [0.3, 0.4) is 0 Å². The first kappa shape index (κ1) is 15.6. The number of ketones is 1. The van der Waals surface area contributed by atoms with Crippen molar-refractivity contribution in [2.24, 2.45) is 16.3 Å². The molecule has 2 aromatic rings. The summed E-state index contributed by atoms with van der Waals surface area (Å²) in [4.78, 5) is 17.9. The molecule has 2 aliphatic heterocycles. The fourth-order valence-electron chi connectivity index (χ4n) is 4.57. The van der Waals surface area contributed by atoms with Gasteiger partial charge in [0.15, 0.2) is 17.3 Å². The van der Waals surface area contributed by atoms with E-state index in [0.29, 0.717) is 12.2 Å². The van der Waals surface area contributed by atoms with Gasteiger partial charge >= 0.3 is 0 Å². The van der Waals surface area contributed by atoms with Crippen molar-refractivity contribution in [2.75, 3.05) is 6.79 Å². The molecule has 26 heavy (non-hydrogen) atoms. The number of nitrogens with one attached hydrogen (secondary N) is 1. The second-order valence-corrected chi connectivity index (χ2v) is 8.24. The fourth-order valence-corrected chi connectivity index (χ4v) is 4.57. The molecule has 0 spiro atoms. The van der Waals surface area contributed by atoms with Crippen molar-refractivity contribution in [3.63, 3.8) is 0 Å². The normalized spacial score (nSPS) is 25.5. The number of aromatic amines is 1. The summed E-state index contributed by atoms with van der Waals surface area (Å²) in [6.45, 7) is 6.49. The van der Waals surface area contributed by atoms with Crippen molar-refractivity contribution >= 4 is 17.3 Å². The van der Waals surface area contributed by atoms with E-state index >= 15 is 0 Å². The van der Waals surface area contributed by atoms with Gasteiger partial charge in [0, 0.05) is 29.3 Å². The number of rotatable bonds is 1. The van der Waals surface area contributed by atoms with E-state index in [1.165, 1.54) is 0 Å². The van der Waals surface area contributed by atoms with Crippen molar-refractivity contribution < 1.29 is 14.3 Å². The van der Waals surface area contributed by atoms with Gasteiger partial charge in [-0.05, 0) is 36.5 Å². The van der Waals surface area contributed by atoms with Gasteiger partial charge in [-0.15, -0.1) is 0 Å². The number of ether oxygens (including phenoxy) is 2. The van der Waals surface area contributed by atoms with Crippen LogP contribution in [0.1, 0.15) is 49.4 Å². The largest absolute Gasteiger partial charge is 0.454 e. The lowest BCUT2D eigenvalue weighted by atomic mass is 9.64. The Morgan fingerprint density at radius 2 is 1.96 bits per heavy atom. The molecule has 3 heterocycles. The van der Waals surface area contributed by atoms with Crippen molar-refractivity contribution in [2.45, 2.75) is 39.5 Å².